The first-order chi connectivity index (χ1) is 21.7. The van der Waals surface area contributed by atoms with Crippen LogP contribution in [0.3, 0.4) is 0 Å². The first kappa shape index (κ1) is 53.9. The maximum atomic E-state index is 11.2. The number of halogens is 1. The maximum absolute atomic E-state index is 11.2. The fraction of sp³-hybridized carbons (Fsp3) is 0.250. The molecular formula is C28H32BrN9Na2O8. The number of nitrogens with zero attached hydrogens (tertiary/aromatic N) is 9. The molecule has 3 N–H and O–H groups in total. The van der Waals surface area contributed by atoms with E-state index in [-0.39, 0.29) is 95.8 Å². The van der Waals surface area contributed by atoms with Gasteiger partial charge in [0.25, 0.3) is 0 Å². The third-order valence-corrected chi connectivity index (χ3v) is 5.45. The van der Waals surface area contributed by atoms with Crippen LogP contribution in [0.2, 0.25) is 0 Å². The van der Waals surface area contributed by atoms with Crippen LogP contribution in [-0.4, -0.2) is 54.4 Å². The topological polar surface area (TPSA) is 296 Å². The zero-order valence-corrected chi connectivity index (χ0v) is 32.6. The van der Waals surface area contributed by atoms with E-state index in [1.807, 2.05) is 18.2 Å². The molecule has 3 rings (SSSR count). The number of benzene rings is 3. The van der Waals surface area contributed by atoms with E-state index in [4.69, 9.17) is 32.3 Å². The molecule has 0 aromatic heterocycles. The van der Waals surface area contributed by atoms with Gasteiger partial charge in [0.2, 0.25) is 0 Å². The number of aromatic carboxylic acids is 1. The zero-order valence-electron chi connectivity index (χ0n) is 27.0. The molecule has 0 aliphatic rings. The van der Waals surface area contributed by atoms with E-state index in [1.54, 1.807) is 55.5 Å². The predicted octanol–water partition coefficient (Wildman–Crippen LogP) is 1.54. The largest absolute Gasteiger partial charge is 1.00 e. The van der Waals surface area contributed by atoms with Gasteiger partial charge in [-0.05, 0) is 52.9 Å². The van der Waals surface area contributed by atoms with Gasteiger partial charge in [0.05, 0.1) is 44.0 Å². The van der Waals surface area contributed by atoms with Crippen LogP contribution in [0.4, 0.5) is 0 Å². The summed E-state index contributed by atoms with van der Waals surface area (Å²) < 4.78 is 9.20. The summed E-state index contributed by atoms with van der Waals surface area (Å²) in [4.78, 5) is 39.7. The average Bonchev–Trinajstić information content (AvgIpc) is 3.07. The van der Waals surface area contributed by atoms with Crippen molar-refractivity contribution in [1.29, 1.82) is 0 Å². The Morgan fingerprint density at radius 2 is 1.00 bits per heavy atom. The van der Waals surface area contributed by atoms with Gasteiger partial charge in [0, 0.05) is 21.8 Å². The van der Waals surface area contributed by atoms with Crippen molar-refractivity contribution in [2.24, 2.45) is 10.2 Å². The van der Waals surface area contributed by atoms with Crippen molar-refractivity contribution < 1.29 is 98.7 Å². The molecule has 0 fully saturated rings. The van der Waals surface area contributed by atoms with Gasteiger partial charge in [-0.3, -0.25) is 4.91 Å². The van der Waals surface area contributed by atoms with Crippen molar-refractivity contribution in [2.75, 3.05) is 20.8 Å². The van der Waals surface area contributed by atoms with E-state index in [0.717, 1.165) is 5.56 Å². The van der Waals surface area contributed by atoms with Gasteiger partial charge < -0.3 is 36.2 Å². The number of aliphatic hydroxyl groups is 1. The second-order valence-electron chi connectivity index (χ2n) is 7.58. The number of azide groups is 2. The van der Waals surface area contributed by atoms with Gasteiger partial charge >= 0.3 is 77.0 Å². The van der Waals surface area contributed by atoms with Crippen molar-refractivity contribution in [2.45, 2.75) is 25.3 Å². The third kappa shape index (κ3) is 23.7. The third-order valence-electron chi connectivity index (χ3n) is 4.85. The van der Waals surface area contributed by atoms with Crippen LogP contribution in [0, 0.1) is 0 Å². The maximum Gasteiger partial charge on any atom is 1.00 e. The molecule has 0 unspecified atom stereocenters. The average molecular weight is 749 g/mol. The molecule has 0 aliphatic heterocycles. The first-order valence-corrected chi connectivity index (χ1v) is 13.6. The molecule has 246 valence electrons. The van der Waals surface area contributed by atoms with Gasteiger partial charge in [0.1, 0.15) is 0 Å². The molecule has 0 atom stereocenters. The molecule has 0 amide bonds. The van der Waals surface area contributed by atoms with Crippen molar-refractivity contribution in [3.8, 4) is 0 Å². The van der Waals surface area contributed by atoms with Crippen LogP contribution in [0.5, 0.6) is 0 Å². The van der Waals surface area contributed by atoms with Gasteiger partial charge in [-0.1, -0.05) is 80.8 Å². The van der Waals surface area contributed by atoms with E-state index in [1.165, 1.54) is 25.2 Å². The molecule has 48 heavy (non-hydrogen) atoms. The fourth-order valence-corrected chi connectivity index (χ4v) is 3.48. The Labute approximate surface area is 329 Å². The van der Waals surface area contributed by atoms with Gasteiger partial charge in [-0.25, -0.2) is 14.4 Å². The Bertz CT molecular complexity index is 1500. The minimum absolute atomic E-state index is 0. The molecule has 20 heteroatoms. The Morgan fingerprint density at radius 1 is 0.708 bits per heavy atom. The smallest absolute Gasteiger partial charge is 0.870 e. The number of carbonyl (C=O) groups is 3. The molecule has 0 aliphatic carbocycles. The monoisotopic (exact) mass is 747 g/mol. The summed E-state index contributed by atoms with van der Waals surface area (Å²) in [5.74, 6) is -1.72. The normalized spacial score (nSPS) is 7.94. The number of ether oxygens (including phenoxy) is 2. The number of hydrogen-bond donors (Lipinski definition) is 2. The Balaban J connectivity index is -0.000000173. The number of rotatable bonds is 8. The number of esters is 2. The molecule has 0 saturated heterocycles. The second kappa shape index (κ2) is 36.2. The molecule has 0 spiro atoms. The molecule has 0 heterocycles. The number of alkyl halides is 1. The summed E-state index contributed by atoms with van der Waals surface area (Å²) >= 11 is 3.30. The van der Waals surface area contributed by atoms with Gasteiger partial charge in [-0.15, -0.1) is 0 Å². The van der Waals surface area contributed by atoms with Crippen LogP contribution in [0.1, 0.15) is 54.7 Å². The molecule has 17 nitrogen and oxygen atoms in total. The molecule has 0 bridgehead atoms. The second-order valence-corrected chi connectivity index (χ2v) is 8.14. The summed E-state index contributed by atoms with van der Waals surface area (Å²) in [7, 11) is 2.69. The number of aliphatic hydroxyl groups excluding tert-OH is 1. The first-order valence-electron chi connectivity index (χ1n) is 12.5. The zero-order chi connectivity index (χ0) is 34.5. The van der Waals surface area contributed by atoms with Crippen LogP contribution >= 0.6 is 15.9 Å². The van der Waals surface area contributed by atoms with Crippen LogP contribution < -0.4 is 59.1 Å². The van der Waals surface area contributed by atoms with Gasteiger partial charge in [0.15, 0.2) is 0 Å². The van der Waals surface area contributed by atoms with Crippen molar-refractivity contribution in [3.05, 3.63) is 143 Å². The van der Waals surface area contributed by atoms with E-state index < -0.39 is 11.9 Å². The fourth-order valence-electron chi connectivity index (χ4n) is 3.00. The molecule has 3 aromatic carbocycles. The number of carboxylic acids is 1. The van der Waals surface area contributed by atoms with Crippen LogP contribution in [0.15, 0.2) is 83.0 Å². The Morgan fingerprint density at radius 3 is 1.31 bits per heavy atom. The summed E-state index contributed by atoms with van der Waals surface area (Å²) in [6.45, 7) is 2.15. The standard InChI is InChI=1S/C9H9BrO2.C9H9N3O2.C8H7N3O2.C2H6O.N3.2Na.H2O/c1-12-9(11)8-5-3-2-4-7(8)6-10;1-14-9(13)8-5-3-2-4-7(8)6-11-12-10;9-11-10-5-6-3-1-2-4-7(6)8(12)13;1-2-3;1-3-2;;;/h2-5H,6H2,1H3;2-5H,6H2,1H3;1-4H,5H2,(H,12,13);3H,2H2,1H3;;;;1H2/q;;;;-1;2*+1;/p-1. The number of carbonyl (C=O) groups excluding carboxylic acids is 2. The Hall–Kier alpha value is -3.60. The minimum Gasteiger partial charge on any atom is -0.870 e. The molecular weight excluding hydrogens is 716 g/mol. The summed E-state index contributed by atoms with van der Waals surface area (Å²) in [6, 6.07) is 20.6. The van der Waals surface area contributed by atoms with E-state index >= 15 is 0 Å². The van der Waals surface area contributed by atoms with Crippen molar-refractivity contribution in [1.82, 2.24) is 0 Å². The molecule has 0 radical (unpaired) electrons. The SMILES string of the molecule is CCO.COC(=O)c1ccccc1CBr.COC(=O)c1ccccc1CN=[N+]=[N-].[N-]=[N+]=NCc1ccccc1C(=O)O.[N-]=[N+]=[N-].[Na+].[Na+].[OH-]. The summed E-state index contributed by atoms with van der Waals surface area (Å²) in [5.41, 5.74) is 33.1. The number of methoxy groups -OCH3 is 2. The molecule has 3 aromatic rings. The van der Waals surface area contributed by atoms with Crippen molar-refractivity contribution in [3.63, 3.8) is 0 Å². The minimum atomic E-state index is -1.01. The van der Waals surface area contributed by atoms with Crippen LogP contribution in [-0.2, 0) is 27.9 Å². The quantitative estimate of drug-likeness (QED) is 0.0848. The summed E-state index contributed by atoms with van der Waals surface area (Å²) in [6.07, 6.45) is 0. The van der Waals surface area contributed by atoms with E-state index in [2.05, 4.69) is 45.5 Å². The number of carboxylic acid groups (broad SMARTS) is 1. The van der Waals surface area contributed by atoms with Crippen LogP contribution in [0.25, 0.3) is 36.9 Å². The number of hydrogen-bond acceptors (Lipinski definition) is 9. The summed E-state index contributed by atoms with van der Waals surface area (Å²) in [5, 5.41) is 23.7. The predicted molar refractivity (Wildman–Crippen MR) is 172 cm³/mol. The van der Waals surface area contributed by atoms with Crippen molar-refractivity contribution >= 4 is 33.8 Å². The molecule has 0 saturated carbocycles. The Kier molecular flexibility index (Phi) is 40.7. The van der Waals surface area contributed by atoms with Gasteiger partial charge in [-0.2, -0.15) is 0 Å². The van der Waals surface area contributed by atoms with E-state index in [9.17, 15) is 14.4 Å². The van der Waals surface area contributed by atoms with E-state index in [0.29, 0.717) is 27.6 Å².